The van der Waals surface area contributed by atoms with Gasteiger partial charge in [-0.05, 0) is 42.5 Å². The van der Waals surface area contributed by atoms with Gasteiger partial charge < -0.3 is 14.8 Å². The van der Waals surface area contributed by atoms with E-state index in [0.717, 1.165) is 11.4 Å². The number of benzene rings is 2. The van der Waals surface area contributed by atoms with Crippen LogP contribution in [0.15, 0.2) is 53.9 Å². The minimum Gasteiger partial charge on any atom is -0.497 e. The maximum atomic E-state index is 12.4. The van der Waals surface area contributed by atoms with E-state index in [1.165, 1.54) is 37.1 Å². The molecule has 150 valence electrons. The second-order valence-electron chi connectivity index (χ2n) is 5.70. The maximum Gasteiger partial charge on any atom is 0.337 e. The van der Waals surface area contributed by atoms with Crippen LogP contribution in [0.1, 0.15) is 10.4 Å². The minimum atomic E-state index is -0.515. The summed E-state index contributed by atoms with van der Waals surface area (Å²) < 4.78 is 11.6. The predicted molar refractivity (Wildman–Crippen MR) is 110 cm³/mol. The van der Waals surface area contributed by atoms with Crippen LogP contribution in [0.5, 0.6) is 5.75 Å². The van der Waals surface area contributed by atoms with Crippen molar-refractivity contribution >= 4 is 40.9 Å². The number of hydrogen-bond donors (Lipinski definition) is 1. The molecule has 0 unspecified atom stereocenters. The van der Waals surface area contributed by atoms with E-state index in [2.05, 4.69) is 20.3 Å². The standard InChI is InChI=1S/C19H17ClN4O4S/c1-27-14-6-4-13(5-7-14)24-11-21-23-19(24)29-10-17(25)22-16-9-12(18(26)28-2)3-8-15(16)20/h3-9,11H,10H2,1-2H3,(H,22,25). The van der Waals surface area contributed by atoms with Gasteiger partial charge >= 0.3 is 5.97 Å². The Morgan fingerprint density at radius 3 is 2.62 bits per heavy atom. The van der Waals surface area contributed by atoms with Crippen molar-refractivity contribution in [2.45, 2.75) is 5.16 Å². The summed E-state index contributed by atoms with van der Waals surface area (Å²) in [5, 5.41) is 11.5. The van der Waals surface area contributed by atoms with Crippen molar-refractivity contribution in [1.29, 1.82) is 0 Å². The van der Waals surface area contributed by atoms with Crippen LogP contribution in [0.2, 0.25) is 5.02 Å². The second-order valence-corrected chi connectivity index (χ2v) is 7.05. The summed E-state index contributed by atoms with van der Waals surface area (Å²) in [6.07, 6.45) is 1.57. The molecule has 0 saturated heterocycles. The number of carbonyl (C=O) groups is 2. The van der Waals surface area contributed by atoms with Crippen molar-refractivity contribution < 1.29 is 19.1 Å². The Kier molecular flexibility index (Phi) is 6.73. The highest BCUT2D eigenvalue weighted by Crippen LogP contribution is 2.25. The molecular formula is C19H17ClN4O4S. The van der Waals surface area contributed by atoms with Crippen molar-refractivity contribution in [3.8, 4) is 11.4 Å². The maximum absolute atomic E-state index is 12.4. The molecule has 10 heteroatoms. The summed E-state index contributed by atoms with van der Waals surface area (Å²) in [4.78, 5) is 24.0. The van der Waals surface area contributed by atoms with Crippen LogP contribution in [0.4, 0.5) is 5.69 Å². The Morgan fingerprint density at radius 2 is 1.93 bits per heavy atom. The van der Waals surface area contributed by atoms with E-state index in [1.807, 2.05) is 24.3 Å². The lowest BCUT2D eigenvalue weighted by molar-refractivity contribution is -0.113. The minimum absolute atomic E-state index is 0.0770. The van der Waals surface area contributed by atoms with E-state index in [4.69, 9.17) is 16.3 Å². The van der Waals surface area contributed by atoms with Crippen LogP contribution in [0.25, 0.3) is 5.69 Å². The van der Waals surface area contributed by atoms with Gasteiger partial charge in [-0.1, -0.05) is 23.4 Å². The first-order valence-electron chi connectivity index (χ1n) is 8.36. The third kappa shape index (κ3) is 5.07. The monoisotopic (exact) mass is 432 g/mol. The quantitative estimate of drug-likeness (QED) is 0.451. The van der Waals surface area contributed by atoms with E-state index < -0.39 is 5.97 Å². The Labute approximate surface area is 176 Å². The molecular weight excluding hydrogens is 416 g/mol. The number of hydrogen-bond acceptors (Lipinski definition) is 7. The Balaban J connectivity index is 1.66. The van der Waals surface area contributed by atoms with Gasteiger partial charge in [-0.25, -0.2) is 4.79 Å². The number of carbonyl (C=O) groups excluding carboxylic acids is 2. The number of esters is 1. The van der Waals surface area contributed by atoms with Crippen molar-refractivity contribution in [3.05, 3.63) is 59.4 Å². The third-order valence-corrected chi connectivity index (χ3v) is 5.13. The summed E-state index contributed by atoms with van der Waals surface area (Å²) in [7, 11) is 2.88. The fraction of sp³-hybridized carbons (Fsp3) is 0.158. The van der Waals surface area contributed by atoms with E-state index in [9.17, 15) is 9.59 Å². The molecule has 1 heterocycles. The highest BCUT2D eigenvalue weighted by Gasteiger charge is 2.14. The van der Waals surface area contributed by atoms with Crippen LogP contribution in [-0.4, -0.2) is 46.6 Å². The van der Waals surface area contributed by atoms with Crippen LogP contribution in [0.3, 0.4) is 0 Å². The molecule has 1 N–H and O–H groups in total. The molecule has 0 atom stereocenters. The van der Waals surface area contributed by atoms with Gasteiger partial charge in [0, 0.05) is 5.69 Å². The summed E-state index contributed by atoms with van der Waals surface area (Å²) in [6, 6.07) is 11.9. The molecule has 3 rings (SSSR count). The van der Waals surface area contributed by atoms with E-state index >= 15 is 0 Å². The van der Waals surface area contributed by atoms with E-state index in [0.29, 0.717) is 21.4 Å². The topological polar surface area (TPSA) is 95.3 Å². The highest BCUT2D eigenvalue weighted by atomic mass is 35.5. The lowest BCUT2D eigenvalue weighted by Crippen LogP contribution is -2.15. The number of anilines is 1. The Bertz CT molecular complexity index is 1020. The zero-order valence-electron chi connectivity index (χ0n) is 15.6. The Morgan fingerprint density at radius 1 is 1.17 bits per heavy atom. The molecule has 1 aromatic heterocycles. The molecule has 3 aromatic rings. The molecule has 0 spiro atoms. The highest BCUT2D eigenvalue weighted by molar-refractivity contribution is 7.99. The van der Waals surface area contributed by atoms with Crippen molar-refractivity contribution in [2.75, 3.05) is 25.3 Å². The molecule has 0 saturated carbocycles. The number of nitrogens with zero attached hydrogens (tertiary/aromatic N) is 3. The largest absolute Gasteiger partial charge is 0.497 e. The second kappa shape index (κ2) is 9.44. The number of ether oxygens (including phenoxy) is 2. The molecule has 0 aliphatic heterocycles. The smallest absolute Gasteiger partial charge is 0.337 e. The number of aromatic nitrogens is 3. The number of halogens is 1. The predicted octanol–water partition coefficient (Wildman–Crippen LogP) is 3.45. The summed E-state index contributed by atoms with van der Waals surface area (Å²) in [5.41, 5.74) is 1.46. The van der Waals surface area contributed by atoms with Gasteiger partial charge in [0.25, 0.3) is 0 Å². The summed E-state index contributed by atoms with van der Waals surface area (Å²) >= 11 is 7.33. The molecule has 0 bridgehead atoms. The zero-order chi connectivity index (χ0) is 20.8. The van der Waals surface area contributed by atoms with Crippen LogP contribution in [-0.2, 0) is 9.53 Å². The van der Waals surface area contributed by atoms with E-state index in [-0.39, 0.29) is 11.7 Å². The first-order chi connectivity index (χ1) is 14.0. The van der Waals surface area contributed by atoms with Crippen LogP contribution in [0, 0.1) is 0 Å². The molecule has 8 nitrogen and oxygen atoms in total. The number of methoxy groups -OCH3 is 2. The number of thioether (sulfide) groups is 1. The molecule has 0 radical (unpaired) electrons. The number of nitrogens with one attached hydrogen (secondary N) is 1. The van der Waals surface area contributed by atoms with Crippen molar-refractivity contribution in [1.82, 2.24) is 14.8 Å². The fourth-order valence-corrected chi connectivity index (χ4v) is 3.32. The SMILES string of the molecule is COC(=O)c1ccc(Cl)c(NC(=O)CSc2nncn2-c2ccc(OC)cc2)c1. The average molecular weight is 433 g/mol. The van der Waals surface area contributed by atoms with Gasteiger partial charge in [0.1, 0.15) is 12.1 Å². The third-order valence-electron chi connectivity index (χ3n) is 3.86. The van der Waals surface area contributed by atoms with Crippen molar-refractivity contribution in [2.24, 2.45) is 0 Å². The normalized spacial score (nSPS) is 10.4. The molecule has 0 fully saturated rings. The molecule has 0 aliphatic rings. The van der Waals surface area contributed by atoms with Crippen LogP contribution < -0.4 is 10.1 Å². The average Bonchev–Trinajstić information content (AvgIpc) is 3.22. The van der Waals surface area contributed by atoms with Gasteiger partial charge in [0.05, 0.1) is 36.2 Å². The van der Waals surface area contributed by atoms with E-state index in [1.54, 1.807) is 18.0 Å². The fourth-order valence-electron chi connectivity index (χ4n) is 2.43. The molecule has 2 aromatic carbocycles. The zero-order valence-corrected chi connectivity index (χ0v) is 17.2. The molecule has 1 amide bonds. The van der Waals surface area contributed by atoms with Crippen LogP contribution >= 0.6 is 23.4 Å². The molecule has 0 aliphatic carbocycles. The van der Waals surface area contributed by atoms with Gasteiger partial charge in [-0.3, -0.25) is 9.36 Å². The van der Waals surface area contributed by atoms with Gasteiger partial charge in [0.15, 0.2) is 5.16 Å². The first kappa shape index (κ1) is 20.7. The lowest BCUT2D eigenvalue weighted by Gasteiger charge is -2.09. The number of amides is 1. The summed E-state index contributed by atoms with van der Waals surface area (Å²) in [6.45, 7) is 0. The summed E-state index contributed by atoms with van der Waals surface area (Å²) in [5.74, 6) is -0.00280. The van der Waals surface area contributed by atoms with Gasteiger partial charge in [-0.2, -0.15) is 0 Å². The van der Waals surface area contributed by atoms with Gasteiger partial charge in [0.2, 0.25) is 5.91 Å². The molecule has 29 heavy (non-hydrogen) atoms. The van der Waals surface area contributed by atoms with Crippen molar-refractivity contribution in [3.63, 3.8) is 0 Å². The lowest BCUT2D eigenvalue weighted by atomic mass is 10.2. The number of rotatable bonds is 7. The first-order valence-corrected chi connectivity index (χ1v) is 9.73. The Hall–Kier alpha value is -3.04. The van der Waals surface area contributed by atoms with Gasteiger partial charge in [-0.15, -0.1) is 10.2 Å².